The molecule has 0 spiro atoms. The highest BCUT2D eigenvalue weighted by molar-refractivity contribution is 6.30. The molecular weight excluding hydrogens is 214 g/mol. The summed E-state index contributed by atoms with van der Waals surface area (Å²) in [6.45, 7) is -0.173. The second kappa shape index (κ2) is 4.43. The van der Waals surface area contributed by atoms with Crippen molar-refractivity contribution < 1.29 is 13.6 Å². The molecule has 0 saturated heterocycles. The second-order valence-electron chi connectivity index (χ2n) is 2.52. The van der Waals surface area contributed by atoms with Gasteiger partial charge in [-0.15, -0.1) is 0 Å². The molecule has 0 radical (unpaired) electrons. The molecule has 6 heteroatoms. The molecule has 0 aliphatic heterocycles. The van der Waals surface area contributed by atoms with E-state index in [1.165, 1.54) is 0 Å². The van der Waals surface area contributed by atoms with E-state index in [1.54, 1.807) is 0 Å². The zero-order valence-corrected chi connectivity index (χ0v) is 7.76. The number of carbonyl (C=O) groups excluding carboxylic acids is 1. The van der Waals surface area contributed by atoms with Crippen molar-refractivity contribution in [1.82, 2.24) is 4.98 Å². The lowest BCUT2D eigenvalue weighted by Gasteiger charge is -2.10. The fourth-order valence-corrected chi connectivity index (χ4v) is 1.33. The lowest BCUT2D eigenvalue weighted by Crippen LogP contribution is -2.07. The maximum Gasteiger partial charge on any atom is 0.265 e. The summed E-state index contributed by atoms with van der Waals surface area (Å²) in [7, 11) is 0. The quantitative estimate of drug-likeness (QED) is 0.626. The molecular formula is C8H7ClF2N2O. The number of carbonyl (C=O) groups is 1. The summed E-state index contributed by atoms with van der Waals surface area (Å²) in [6, 6.07) is 0. The third-order valence-electron chi connectivity index (χ3n) is 1.75. The number of aromatic nitrogens is 1. The van der Waals surface area contributed by atoms with Gasteiger partial charge in [0.2, 0.25) is 0 Å². The molecule has 0 aromatic carbocycles. The van der Waals surface area contributed by atoms with Crippen LogP contribution in [0.4, 0.5) is 8.78 Å². The van der Waals surface area contributed by atoms with Crippen molar-refractivity contribution in [2.45, 2.75) is 13.0 Å². The molecule has 0 aliphatic rings. The van der Waals surface area contributed by atoms with E-state index in [-0.39, 0.29) is 22.8 Å². The monoisotopic (exact) mass is 220 g/mol. The van der Waals surface area contributed by atoms with E-state index in [2.05, 4.69) is 4.98 Å². The van der Waals surface area contributed by atoms with Crippen LogP contribution in [0.15, 0.2) is 6.20 Å². The SMILES string of the molecule is NCc1c(Cl)ncc(C=O)c1C(F)F. The smallest absolute Gasteiger partial charge is 0.265 e. The Hall–Kier alpha value is -1.07. The van der Waals surface area contributed by atoms with Gasteiger partial charge < -0.3 is 5.73 Å². The highest BCUT2D eigenvalue weighted by Crippen LogP contribution is 2.29. The number of hydrogen-bond acceptors (Lipinski definition) is 3. The maximum absolute atomic E-state index is 12.5. The van der Waals surface area contributed by atoms with Gasteiger partial charge in [-0.05, 0) is 0 Å². The van der Waals surface area contributed by atoms with Gasteiger partial charge in [0.1, 0.15) is 5.15 Å². The molecule has 0 atom stereocenters. The Morgan fingerprint density at radius 3 is 2.71 bits per heavy atom. The minimum Gasteiger partial charge on any atom is -0.326 e. The van der Waals surface area contributed by atoms with E-state index in [1.807, 2.05) is 0 Å². The number of nitrogens with two attached hydrogens (primary N) is 1. The highest BCUT2D eigenvalue weighted by Gasteiger charge is 2.19. The van der Waals surface area contributed by atoms with E-state index < -0.39 is 12.0 Å². The zero-order valence-electron chi connectivity index (χ0n) is 7.01. The first-order chi connectivity index (χ1) is 6.61. The summed E-state index contributed by atoms with van der Waals surface area (Å²) in [5.74, 6) is 0. The number of alkyl halides is 2. The first-order valence-electron chi connectivity index (χ1n) is 3.72. The van der Waals surface area contributed by atoms with Crippen LogP contribution in [0.25, 0.3) is 0 Å². The summed E-state index contributed by atoms with van der Waals surface area (Å²) in [5, 5.41) is -0.0894. The second-order valence-corrected chi connectivity index (χ2v) is 2.88. The Morgan fingerprint density at radius 2 is 2.29 bits per heavy atom. The third kappa shape index (κ3) is 1.88. The minimum atomic E-state index is -2.78. The minimum absolute atomic E-state index is 0.0197. The van der Waals surface area contributed by atoms with Gasteiger partial charge in [0, 0.05) is 29.4 Å². The Balaban J connectivity index is 3.43. The maximum atomic E-state index is 12.5. The predicted molar refractivity (Wildman–Crippen MR) is 47.5 cm³/mol. The van der Waals surface area contributed by atoms with Crippen molar-refractivity contribution in [3.05, 3.63) is 28.0 Å². The summed E-state index contributed by atoms with van der Waals surface area (Å²) >= 11 is 5.56. The molecule has 2 N–H and O–H groups in total. The van der Waals surface area contributed by atoms with Crippen molar-refractivity contribution in [1.29, 1.82) is 0 Å². The van der Waals surface area contributed by atoms with Crippen LogP contribution in [0.5, 0.6) is 0 Å². The van der Waals surface area contributed by atoms with Crippen LogP contribution in [-0.2, 0) is 6.54 Å². The number of halogens is 3. The van der Waals surface area contributed by atoms with Crippen molar-refractivity contribution in [3.63, 3.8) is 0 Å². The topological polar surface area (TPSA) is 56.0 Å². The summed E-state index contributed by atoms with van der Waals surface area (Å²) in [5.41, 5.74) is 4.65. The molecule has 14 heavy (non-hydrogen) atoms. The molecule has 1 aromatic rings. The third-order valence-corrected chi connectivity index (χ3v) is 2.08. The van der Waals surface area contributed by atoms with Gasteiger partial charge in [0.05, 0.1) is 0 Å². The number of rotatable bonds is 3. The lowest BCUT2D eigenvalue weighted by molar-refractivity contribution is 0.110. The molecule has 0 bridgehead atoms. The predicted octanol–water partition coefficient (Wildman–Crippen LogP) is 1.94. The average molecular weight is 221 g/mol. The largest absolute Gasteiger partial charge is 0.326 e. The van der Waals surface area contributed by atoms with Crippen LogP contribution in [0, 0.1) is 0 Å². The number of pyridine rings is 1. The van der Waals surface area contributed by atoms with Crippen LogP contribution in [-0.4, -0.2) is 11.3 Å². The Labute approximate surface area is 83.9 Å². The molecule has 0 saturated carbocycles. The van der Waals surface area contributed by atoms with Gasteiger partial charge in [-0.2, -0.15) is 0 Å². The van der Waals surface area contributed by atoms with Gasteiger partial charge in [-0.25, -0.2) is 13.8 Å². The van der Waals surface area contributed by atoms with Crippen LogP contribution >= 0.6 is 11.6 Å². The fourth-order valence-electron chi connectivity index (χ4n) is 1.10. The van der Waals surface area contributed by atoms with Gasteiger partial charge in [-0.1, -0.05) is 11.6 Å². The number of aldehydes is 1. The van der Waals surface area contributed by atoms with Gasteiger partial charge in [0.15, 0.2) is 6.29 Å². The first-order valence-corrected chi connectivity index (χ1v) is 4.10. The molecule has 1 heterocycles. The number of hydrogen-bond donors (Lipinski definition) is 1. The zero-order chi connectivity index (χ0) is 10.7. The first kappa shape index (κ1) is 11.0. The summed E-state index contributed by atoms with van der Waals surface area (Å²) in [4.78, 5) is 14.0. The average Bonchev–Trinajstić information content (AvgIpc) is 2.17. The van der Waals surface area contributed by atoms with E-state index in [4.69, 9.17) is 17.3 Å². The molecule has 1 rings (SSSR count). The molecule has 0 amide bonds. The molecule has 0 aliphatic carbocycles. The van der Waals surface area contributed by atoms with Crippen LogP contribution in [0.1, 0.15) is 27.9 Å². The molecule has 1 aromatic heterocycles. The van der Waals surface area contributed by atoms with E-state index in [0.717, 1.165) is 6.20 Å². The van der Waals surface area contributed by atoms with Crippen molar-refractivity contribution in [2.24, 2.45) is 5.73 Å². The van der Waals surface area contributed by atoms with Gasteiger partial charge in [0.25, 0.3) is 6.43 Å². The van der Waals surface area contributed by atoms with E-state index in [0.29, 0.717) is 6.29 Å². The molecule has 0 fully saturated rings. The normalized spacial score (nSPS) is 10.6. The lowest BCUT2D eigenvalue weighted by atomic mass is 10.1. The van der Waals surface area contributed by atoms with E-state index in [9.17, 15) is 13.6 Å². The molecule has 0 unspecified atom stereocenters. The Bertz CT molecular complexity index is 357. The Morgan fingerprint density at radius 1 is 1.64 bits per heavy atom. The van der Waals surface area contributed by atoms with Crippen LogP contribution in [0.2, 0.25) is 5.15 Å². The summed E-state index contributed by atoms with van der Waals surface area (Å²) < 4.78 is 25.1. The summed E-state index contributed by atoms with van der Waals surface area (Å²) in [6.07, 6.45) is -1.46. The van der Waals surface area contributed by atoms with Crippen molar-refractivity contribution in [2.75, 3.05) is 0 Å². The molecule has 3 nitrogen and oxygen atoms in total. The van der Waals surface area contributed by atoms with Crippen molar-refractivity contribution in [3.8, 4) is 0 Å². The Kier molecular flexibility index (Phi) is 3.49. The molecule has 76 valence electrons. The van der Waals surface area contributed by atoms with Crippen LogP contribution in [0.3, 0.4) is 0 Å². The fraction of sp³-hybridized carbons (Fsp3) is 0.250. The van der Waals surface area contributed by atoms with Gasteiger partial charge >= 0.3 is 0 Å². The number of nitrogens with zero attached hydrogens (tertiary/aromatic N) is 1. The highest BCUT2D eigenvalue weighted by atomic mass is 35.5. The van der Waals surface area contributed by atoms with E-state index >= 15 is 0 Å². The standard InChI is InChI=1S/C8H7ClF2N2O/c9-7-5(1-12)6(8(10)11)4(3-14)2-13-7/h2-3,8H,1,12H2. The van der Waals surface area contributed by atoms with Crippen LogP contribution < -0.4 is 5.73 Å². The van der Waals surface area contributed by atoms with Gasteiger partial charge in [-0.3, -0.25) is 4.79 Å². The van der Waals surface area contributed by atoms with Crippen molar-refractivity contribution >= 4 is 17.9 Å².